The van der Waals surface area contributed by atoms with E-state index in [4.69, 9.17) is 0 Å². The zero-order valence-corrected chi connectivity index (χ0v) is 9.04. The summed E-state index contributed by atoms with van der Waals surface area (Å²) in [4.78, 5) is 16.0. The van der Waals surface area contributed by atoms with Crippen molar-refractivity contribution in [1.82, 2.24) is 19.9 Å². The van der Waals surface area contributed by atoms with Gasteiger partial charge in [-0.2, -0.15) is 0 Å². The minimum absolute atomic E-state index is 0.823. The summed E-state index contributed by atoms with van der Waals surface area (Å²) in [6.07, 6.45) is 5.18. The van der Waals surface area contributed by atoms with E-state index >= 15 is 0 Å². The Morgan fingerprint density at radius 3 is 2.12 bits per heavy atom. The molecule has 82 valence electrons. The maximum atomic E-state index is 4.31. The second kappa shape index (κ2) is 4.17. The summed E-state index contributed by atoms with van der Waals surface area (Å²) in [6.45, 7) is 0. The van der Waals surface area contributed by atoms with Gasteiger partial charge in [0, 0.05) is 12.4 Å². The summed E-state index contributed by atoms with van der Waals surface area (Å²) >= 11 is 0. The number of aromatic amines is 1. The quantitative estimate of drug-likeness (QED) is 0.724. The molecule has 3 heterocycles. The van der Waals surface area contributed by atoms with Crippen LogP contribution in [0, 0.1) is 0 Å². The van der Waals surface area contributed by atoms with Gasteiger partial charge < -0.3 is 4.98 Å². The summed E-state index contributed by atoms with van der Waals surface area (Å²) in [5.41, 5.74) is 3.42. The molecule has 3 aromatic heterocycles. The van der Waals surface area contributed by atoms with Gasteiger partial charge in [-0.25, -0.2) is 4.98 Å². The molecule has 0 spiro atoms. The lowest BCUT2D eigenvalue weighted by atomic mass is 10.2. The maximum Gasteiger partial charge on any atom is 0.116 e. The lowest BCUT2D eigenvalue weighted by molar-refractivity contribution is 1.27. The number of imidazole rings is 1. The van der Waals surface area contributed by atoms with Crippen molar-refractivity contribution in [3.8, 4) is 22.8 Å². The highest BCUT2D eigenvalue weighted by Gasteiger charge is 2.11. The standard InChI is InChI=1S/C13H10N4/c1-3-7-14-10(5-1)12-13(17-9-16-12)11-6-2-4-8-15-11/h1-9H,(H,16,17). The fourth-order valence-electron chi connectivity index (χ4n) is 1.70. The van der Waals surface area contributed by atoms with Crippen molar-refractivity contribution in [2.24, 2.45) is 0 Å². The highest BCUT2D eigenvalue weighted by atomic mass is 14.9. The smallest absolute Gasteiger partial charge is 0.116 e. The van der Waals surface area contributed by atoms with Crippen molar-refractivity contribution in [2.75, 3.05) is 0 Å². The second-order valence-corrected chi connectivity index (χ2v) is 3.56. The molecule has 0 radical (unpaired) electrons. The Kier molecular flexibility index (Phi) is 2.38. The Morgan fingerprint density at radius 1 is 0.765 bits per heavy atom. The van der Waals surface area contributed by atoms with Crippen LogP contribution in [-0.2, 0) is 0 Å². The van der Waals surface area contributed by atoms with Gasteiger partial charge in [-0.1, -0.05) is 12.1 Å². The monoisotopic (exact) mass is 222 g/mol. The fourth-order valence-corrected chi connectivity index (χ4v) is 1.70. The van der Waals surface area contributed by atoms with Crippen LogP contribution in [0.3, 0.4) is 0 Å². The van der Waals surface area contributed by atoms with E-state index in [9.17, 15) is 0 Å². The van der Waals surface area contributed by atoms with Crippen molar-refractivity contribution >= 4 is 0 Å². The zero-order valence-electron chi connectivity index (χ0n) is 9.04. The Labute approximate surface area is 98.4 Å². The van der Waals surface area contributed by atoms with Crippen molar-refractivity contribution in [1.29, 1.82) is 0 Å². The maximum absolute atomic E-state index is 4.31. The number of rotatable bonds is 2. The Bertz CT molecular complexity index is 548. The molecule has 17 heavy (non-hydrogen) atoms. The molecule has 0 unspecified atom stereocenters. The highest BCUT2D eigenvalue weighted by molar-refractivity contribution is 5.73. The molecule has 0 bridgehead atoms. The van der Waals surface area contributed by atoms with Gasteiger partial charge in [0.05, 0.1) is 23.4 Å². The number of hydrogen-bond acceptors (Lipinski definition) is 3. The molecule has 3 rings (SSSR count). The summed E-state index contributed by atoms with van der Waals surface area (Å²) in [5.74, 6) is 0. The Balaban J connectivity index is 2.13. The van der Waals surface area contributed by atoms with Gasteiger partial charge in [0.15, 0.2) is 0 Å². The van der Waals surface area contributed by atoms with Crippen LogP contribution in [0.25, 0.3) is 22.8 Å². The molecule has 0 fully saturated rings. The first-order chi connectivity index (χ1) is 8.45. The average molecular weight is 222 g/mol. The number of pyridine rings is 2. The molecular weight excluding hydrogens is 212 g/mol. The summed E-state index contributed by atoms with van der Waals surface area (Å²) in [5, 5.41) is 0. The van der Waals surface area contributed by atoms with Crippen LogP contribution in [0.1, 0.15) is 0 Å². The van der Waals surface area contributed by atoms with Gasteiger partial charge in [-0.05, 0) is 24.3 Å². The first-order valence-electron chi connectivity index (χ1n) is 5.31. The van der Waals surface area contributed by atoms with Crippen LogP contribution >= 0.6 is 0 Å². The van der Waals surface area contributed by atoms with E-state index in [0.717, 1.165) is 22.8 Å². The van der Waals surface area contributed by atoms with Crippen molar-refractivity contribution < 1.29 is 0 Å². The van der Waals surface area contributed by atoms with Crippen molar-refractivity contribution in [2.45, 2.75) is 0 Å². The van der Waals surface area contributed by atoms with Crippen LogP contribution in [0.5, 0.6) is 0 Å². The van der Waals surface area contributed by atoms with E-state index in [1.807, 2.05) is 36.4 Å². The van der Waals surface area contributed by atoms with E-state index in [2.05, 4.69) is 19.9 Å². The summed E-state index contributed by atoms with van der Waals surface area (Å²) < 4.78 is 0. The van der Waals surface area contributed by atoms with Crippen LogP contribution in [0.4, 0.5) is 0 Å². The van der Waals surface area contributed by atoms with Gasteiger partial charge in [0.1, 0.15) is 5.69 Å². The largest absolute Gasteiger partial charge is 0.343 e. The van der Waals surface area contributed by atoms with E-state index in [-0.39, 0.29) is 0 Å². The third-order valence-electron chi connectivity index (χ3n) is 2.47. The molecule has 0 aliphatic carbocycles. The van der Waals surface area contributed by atoms with Crippen molar-refractivity contribution in [3.05, 3.63) is 55.1 Å². The third kappa shape index (κ3) is 1.80. The third-order valence-corrected chi connectivity index (χ3v) is 2.47. The molecule has 4 heteroatoms. The van der Waals surface area contributed by atoms with E-state index in [1.165, 1.54) is 0 Å². The lowest BCUT2D eigenvalue weighted by Crippen LogP contribution is -1.88. The highest BCUT2D eigenvalue weighted by Crippen LogP contribution is 2.25. The molecule has 0 aliphatic rings. The molecule has 0 amide bonds. The number of hydrogen-bond donors (Lipinski definition) is 1. The molecular formula is C13H10N4. The molecule has 1 N–H and O–H groups in total. The van der Waals surface area contributed by atoms with Gasteiger partial charge in [-0.15, -0.1) is 0 Å². The van der Waals surface area contributed by atoms with Crippen LogP contribution in [0.15, 0.2) is 55.1 Å². The van der Waals surface area contributed by atoms with Gasteiger partial charge in [0.2, 0.25) is 0 Å². The number of nitrogens with zero attached hydrogens (tertiary/aromatic N) is 3. The number of aromatic nitrogens is 4. The average Bonchev–Trinajstić information content (AvgIpc) is 2.90. The summed E-state index contributed by atoms with van der Waals surface area (Å²) in [6, 6.07) is 11.5. The minimum Gasteiger partial charge on any atom is -0.343 e. The second-order valence-electron chi connectivity index (χ2n) is 3.56. The Hall–Kier alpha value is -2.49. The molecule has 0 aliphatic heterocycles. The molecule has 0 saturated carbocycles. The Morgan fingerprint density at radius 2 is 1.47 bits per heavy atom. The molecule has 4 nitrogen and oxygen atoms in total. The SMILES string of the molecule is c1ccc(-c2nc[nH]c2-c2ccccn2)nc1. The van der Waals surface area contributed by atoms with Crippen LogP contribution in [0.2, 0.25) is 0 Å². The first kappa shape index (κ1) is 9.72. The predicted molar refractivity (Wildman–Crippen MR) is 65.0 cm³/mol. The summed E-state index contributed by atoms with van der Waals surface area (Å²) in [7, 11) is 0. The molecule has 0 aromatic carbocycles. The number of nitrogens with one attached hydrogen (secondary N) is 1. The predicted octanol–water partition coefficient (Wildman–Crippen LogP) is 2.53. The van der Waals surface area contributed by atoms with E-state index < -0.39 is 0 Å². The van der Waals surface area contributed by atoms with Gasteiger partial charge >= 0.3 is 0 Å². The fraction of sp³-hybridized carbons (Fsp3) is 0. The first-order valence-corrected chi connectivity index (χ1v) is 5.31. The van der Waals surface area contributed by atoms with Gasteiger partial charge in [-0.3, -0.25) is 9.97 Å². The molecule has 3 aromatic rings. The van der Waals surface area contributed by atoms with E-state index in [0.29, 0.717) is 0 Å². The normalized spacial score (nSPS) is 10.4. The molecule has 0 saturated heterocycles. The molecule has 0 atom stereocenters. The van der Waals surface area contributed by atoms with E-state index in [1.54, 1.807) is 18.7 Å². The van der Waals surface area contributed by atoms with Crippen LogP contribution in [-0.4, -0.2) is 19.9 Å². The lowest BCUT2D eigenvalue weighted by Gasteiger charge is -2.00. The minimum atomic E-state index is 0.823. The van der Waals surface area contributed by atoms with Crippen LogP contribution < -0.4 is 0 Å². The van der Waals surface area contributed by atoms with Crippen molar-refractivity contribution in [3.63, 3.8) is 0 Å². The topological polar surface area (TPSA) is 54.5 Å². The zero-order chi connectivity index (χ0) is 11.5. The number of H-pyrrole nitrogens is 1. The van der Waals surface area contributed by atoms with Gasteiger partial charge in [0.25, 0.3) is 0 Å².